The molecule has 1 heterocycles. The number of carbonyl (C=O) groups is 1. The van der Waals surface area contributed by atoms with E-state index >= 15 is 0 Å². The van der Waals surface area contributed by atoms with Gasteiger partial charge in [-0.2, -0.15) is 17.5 Å². The second-order valence-corrected chi connectivity index (χ2v) is 12.9. The monoisotopic (exact) mass is 608 g/mol. The van der Waals surface area contributed by atoms with Gasteiger partial charge in [0.2, 0.25) is 15.9 Å². The zero-order chi connectivity index (χ0) is 30.5. The summed E-state index contributed by atoms with van der Waals surface area (Å²) in [5.41, 5.74) is -0.908. The van der Waals surface area contributed by atoms with Gasteiger partial charge in [0, 0.05) is 19.6 Å². The minimum atomic E-state index is -4.52. The van der Waals surface area contributed by atoms with Crippen LogP contribution >= 0.6 is 0 Å². The normalized spacial score (nSPS) is 19.2. The fourth-order valence-corrected chi connectivity index (χ4v) is 6.48. The van der Waals surface area contributed by atoms with Gasteiger partial charge < -0.3 is 10.6 Å². The van der Waals surface area contributed by atoms with E-state index in [9.17, 15) is 30.8 Å². The summed E-state index contributed by atoms with van der Waals surface area (Å²) in [5, 5.41) is 6.31. The van der Waals surface area contributed by atoms with E-state index in [0.29, 0.717) is 35.9 Å². The number of nitrogens with one attached hydrogen (secondary N) is 2. The Bertz CT molecular complexity index is 1410. The SMILES string of the molecule is C=C(CCN(Cc1ccc(C(F)(F)F)cc1)S(=O)(=O)c1ccc(F)cc1)C1=NCC(CCC)(C(=O)NCC2CCC2)N1. The highest BCUT2D eigenvalue weighted by molar-refractivity contribution is 7.89. The van der Waals surface area contributed by atoms with Gasteiger partial charge in [0.15, 0.2) is 0 Å². The average molecular weight is 609 g/mol. The fraction of sp³-hybridized carbons (Fsp3) is 0.467. The maximum atomic E-state index is 13.5. The maximum Gasteiger partial charge on any atom is 0.416 e. The summed E-state index contributed by atoms with van der Waals surface area (Å²) in [6.45, 7) is 6.63. The molecule has 2 aliphatic rings. The molecular formula is C30H36F4N4O3S. The summed E-state index contributed by atoms with van der Waals surface area (Å²) in [5.74, 6) is 0.207. The predicted molar refractivity (Wildman–Crippen MR) is 153 cm³/mol. The first-order chi connectivity index (χ1) is 19.8. The maximum absolute atomic E-state index is 13.5. The van der Waals surface area contributed by atoms with Crippen molar-refractivity contribution in [2.75, 3.05) is 19.6 Å². The summed E-state index contributed by atoms with van der Waals surface area (Å²) < 4.78 is 80.8. The first-order valence-corrected chi connectivity index (χ1v) is 15.5. The van der Waals surface area contributed by atoms with Crippen molar-refractivity contribution in [3.63, 3.8) is 0 Å². The number of nitrogens with zero attached hydrogens (tertiary/aromatic N) is 2. The second kappa shape index (κ2) is 12.9. The third-order valence-electron chi connectivity index (χ3n) is 7.84. The first kappa shape index (κ1) is 31.7. The molecule has 0 spiro atoms. The highest BCUT2D eigenvalue weighted by atomic mass is 32.2. The molecule has 0 radical (unpaired) electrons. The molecule has 0 bridgehead atoms. The van der Waals surface area contributed by atoms with Crippen LogP contribution in [0, 0.1) is 11.7 Å². The molecular weight excluding hydrogens is 572 g/mol. The van der Waals surface area contributed by atoms with Crippen LogP contribution in [-0.4, -0.2) is 49.6 Å². The standard InChI is InChI=1S/C30H36F4N4O3S/c1-3-16-29(28(39)35-18-22-5-4-6-22)20-36-27(37-29)21(2)15-17-38(42(40,41)26-13-11-25(31)12-14-26)19-23-7-9-24(10-8-23)30(32,33)34/h7-14,22H,2-6,15-20H2,1H3,(H,35,39)(H,36,37). The Balaban J connectivity index is 1.47. The minimum absolute atomic E-state index is 0.0745. The van der Waals surface area contributed by atoms with Crippen LogP contribution in [0.25, 0.3) is 0 Å². The average Bonchev–Trinajstić information content (AvgIpc) is 3.35. The molecule has 0 saturated heterocycles. The van der Waals surface area contributed by atoms with Crippen LogP contribution in [0.1, 0.15) is 56.6 Å². The Hall–Kier alpha value is -3.25. The summed E-state index contributed by atoms with van der Waals surface area (Å²) in [6, 6.07) is 8.61. The van der Waals surface area contributed by atoms with Crippen LogP contribution in [0.15, 0.2) is 70.6 Å². The largest absolute Gasteiger partial charge is 0.416 e. The minimum Gasteiger partial charge on any atom is -0.355 e. The van der Waals surface area contributed by atoms with E-state index in [1.54, 1.807) is 0 Å². The molecule has 42 heavy (non-hydrogen) atoms. The molecule has 1 atom stereocenters. The molecule has 12 heteroatoms. The van der Waals surface area contributed by atoms with E-state index in [2.05, 4.69) is 22.2 Å². The highest BCUT2D eigenvalue weighted by Crippen LogP contribution is 2.30. The first-order valence-electron chi connectivity index (χ1n) is 14.0. The van der Waals surface area contributed by atoms with Crippen LogP contribution in [0.3, 0.4) is 0 Å². The van der Waals surface area contributed by atoms with Crippen molar-refractivity contribution >= 4 is 21.8 Å². The molecule has 0 aromatic heterocycles. The number of amidine groups is 1. The number of amides is 1. The van der Waals surface area contributed by atoms with Gasteiger partial charge in [-0.25, -0.2) is 12.8 Å². The van der Waals surface area contributed by atoms with Crippen LogP contribution in [0.4, 0.5) is 17.6 Å². The quantitative estimate of drug-likeness (QED) is 0.297. The topological polar surface area (TPSA) is 90.9 Å². The summed E-state index contributed by atoms with van der Waals surface area (Å²) >= 11 is 0. The van der Waals surface area contributed by atoms with Crippen molar-refractivity contribution in [2.24, 2.45) is 10.9 Å². The van der Waals surface area contributed by atoms with Crippen molar-refractivity contribution in [1.82, 2.24) is 14.9 Å². The molecule has 1 amide bonds. The molecule has 228 valence electrons. The van der Waals surface area contributed by atoms with Gasteiger partial charge in [0.1, 0.15) is 17.2 Å². The molecule has 2 N–H and O–H groups in total. The summed E-state index contributed by atoms with van der Waals surface area (Å²) in [7, 11) is -4.15. The van der Waals surface area contributed by atoms with Gasteiger partial charge in [0.05, 0.1) is 17.0 Å². The lowest BCUT2D eigenvalue weighted by Gasteiger charge is -2.31. The smallest absolute Gasteiger partial charge is 0.355 e. The van der Waals surface area contributed by atoms with Gasteiger partial charge >= 0.3 is 6.18 Å². The Morgan fingerprint density at radius 2 is 1.81 bits per heavy atom. The summed E-state index contributed by atoms with van der Waals surface area (Å²) in [4.78, 5) is 17.6. The van der Waals surface area contributed by atoms with E-state index in [4.69, 9.17) is 0 Å². The number of aliphatic imine (C=N–C) groups is 1. The highest BCUT2D eigenvalue weighted by Gasteiger charge is 2.42. The van der Waals surface area contributed by atoms with E-state index in [1.807, 2.05) is 6.92 Å². The lowest BCUT2D eigenvalue weighted by molar-refractivity contribution is -0.137. The molecule has 2 aromatic rings. The zero-order valence-corrected chi connectivity index (χ0v) is 24.3. The molecule has 1 unspecified atom stereocenters. The second-order valence-electron chi connectivity index (χ2n) is 11.0. The number of halogens is 4. The molecule has 1 fully saturated rings. The number of sulfonamides is 1. The summed E-state index contributed by atoms with van der Waals surface area (Å²) in [6.07, 6.45) is 0.316. The van der Waals surface area contributed by atoms with E-state index in [1.165, 1.54) is 18.6 Å². The number of carbonyl (C=O) groups excluding carboxylic acids is 1. The Labute approximate surface area is 244 Å². The van der Waals surface area contributed by atoms with E-state index in [0.717, 1.165) is 60.0 Å². The molecule has 1 aliphatic carbocycles. The van der Waals surface area contributed by atoms with Crippen molar-refractivity contribution in [3.05, 3.63) is 77.6 Å². The molecule has 1 aliphatic heterocycles. The molecule has 2 aromatic carbocycles. The van der Waals surface area contributed by atoms with Crippen LogP contribution in [0.5, 0.6) is 0 Å². The van der Waals surface area contributed by atoms with Crippen molar-refractivity contribution in [1.29, 1.82) is 0 Å². The van der Waals surface area contributed by atoms with Crippen molar-refractivity contribution in [2.45, 2.75) is 68.6 Å². The Morgan fingerprint density at radius 3 is 2.38 bits per heavy atom. The van der Waals surface area contributed by atoms with Gasteiger partial charge in [-0.15, -0.1) is 0 Å². The predicted octanol–water partition coefficient (Wildman–Crippen LogP) is 5.44. The Kier molecular flexibility index (Phi) is 9.77. The lowest BCUT2D eigenvalue weighted by atomic mass is 9.85. The van der Waals surface area contributed by atoms with Gasteiger partial charge in [0.25, 0.3) is 0 Å². The molecule has 7 nitrogen and oxygen atoms in total. The van der Waals surface area contributed by atoms with E-state index < -0.39 is 33.1 Å². The van der Waals surface area contributed by atoms with Crippen molar-refractivity contribution < 1.29 is 30.8 Å². The van der Waals surface area contributed by atoms with Crippen molar-refractivity contribution in [3.8, 4) is 0 Å². The number of hydrogen-bond acceptors (Lipinski definition) is 5. The van der Waals surface area contributed by atoms with Crippen LogP contribution in [-0.2, 0) is 27.5 Å². The molecule has 4 rings (SSSR count). The lowest BCUT2D eigenvalue weighted by Crippen LogP contribution is -2.58. The number of benzene rings is 2. The number of hydrogen-bond donors (Lipinski definition) is 2. The Morgan fingerprint density at radius 1 is 1.14 bits per heavy atom. The van der Waals surface area contributed by atoms with Gasteiger partial charge in [-0.05, 0) is 79.1 Å². The van der Waals surface area contributed by atoms with Gasteiger partial charge in [-0.1, -0.05) is 38.5 Å². The number of alkyl halides is 3. The van der Waals surface area contributed by atoms with Gasteiger partial charge in [-0.3, -0.25) is 9.79 Å². The van der Waals surface area contributed by atoms with Crippen LogP contribution < -0.4 is 10.6 Å². The number of rotatable bonds is 13. The van der Waals surface area contributed by atoms with E-state index in [-0.39, 0.29) is 36.9 Å². The third-order valence-corrected chi connectivity index (χ3v) is 9.70. The fourth-order valence-electron chi connectivity index (χ4n) is 5.05. The van der Waals surface area contributed by atoms with Crippen LogP contribution in [0.2, 0.25) is 0 Å². The molecule has 1 saturated carbocycles. The third kappa shape index (κ3) is 7.38. The zero-order valence-electron chi connectivity index (χ0n) is 23.5.